The lowest BCUT2D eigenvalue weighted by Crippen LogP contribution is -2.41. The van der Waals surface area contributed by atoms with Crippen molar-refractivity contribution in [2.45, 2.75) is 13.0 Å². The van der Waals surface area contributed by atoms with Gasteiger partial charge in [0.2, 0.25) is 5.91 Å². The summed E-state index contributed by atoms with van der Waals surface area (Å²) < 4.78 is 12.5. The molecule has 3 heterocycles. The molecule has 1 fully saturated rings. The monoisotopic (exact) mass is 303 g/mol. The van der Waals surface area contributed by atoms with E-state index in [-0.39, 0.29) is 5.91 Å². The van der Waals surface area contributed by atoms with Gasteiger partial charge in [-0.2, -0.15) is 0 Å². The molecule has 0 unspecified atom stereocenters. The molecule has 6 nitrogen and oxygen atoms in total. The molecule has 0 aliphatic carbocycles. The van der Waals surface area contributed by atoms with Crippen LogP contribution in [0.3, 0.4) is 0 Å². The van der Waals surface area contributed by atoms with Crippen LogP contribution in [0.5, 0.6) is 0 Å². The second-order valence-electron chi connectivity index (χ2n) is 5.39. The van der Waals surface area contributed by atoms with Crippen molar-refractivity contribution >= 4 is 16.9 Å². The van der Waals surface area contributed by atoms with Gasteiger partial charge in [-0.15, -0.1) is 0 Å². The standard InChI is InChI=1S/C16H21N3O3/c1-21-8-5-19-12-13(14-3-2-4-17-16(14)19)11-15(20)18-6-9-22-10-7-18/h2-4,12H,5-11H2,1H3. The molecule has 1 aliphatic rings. The van der Waals surface area contributed by atoms with E-state index in [2.05, 4.69) is 9.55 Å². The van der Waals surface area contributed by atoms with E-state index in [9.17, 15) is 4.79 Å². The molecule has 3 rings (SSSR count). The zero-order valence-electron chi connectivity index (χ0n) is 12.8. The van der Waals surface area contributed by atoms with E-state index in [4.69, 9.17) is 9.47 Å². The topological polar surface area (TPSA) is 56.6 Å². The predicted molar refractivity (Wildman–Crippen MR) is 82.7 cm³/mol. The SMILES string of the molecule is COCCn1cc(CC(=O)N2CCOCC2)c2cccnc21. The van der Waals surface area contributed by atoms with Crippen molar-refractivity contribution in [2.75, 3.05) is 40.0 Å². The molecule has 0 aromatic carbocycles. The number of amides is 1. The van der Waals surface area contributed by atoms with Crippen molar-refractivity contribution in [1.29, 1.82) is 0 Å². The van der Waals surface area contributed by atoms with E-state index in [0.29, 0.717) is 39.3 Å². The minimum Gasteiger partial charge on any atom is -0.383 e. The molecule has 0 saturated carbocycles. The molecule has 2 aromatic heterocycles. The third-order valence-corrected chi connectivity index (χ3v) is 3.96. The molecular weight excluding hydrogens is 282 g/mol. The van der Waals surface area contributed by atoms with Gasteiger partial charge in [0.05, 0.1) is 26.2 Å². The third-order valence-electron chi connectivity index (χ3n) is 3.96. The molecule has 1 aliphatic heterocycles. The number of fused-ring (bicyclic) bond motifs is 1. The van der Waals surface area contributed by atoms with Crippen LogP contribution in [-0.2, 0) is 27.2 Å². The van der Waals surface area contributed by atoms with Crippen LogP contribution >= 0.6 is 0 Å². The van der Waals surface area contributed by atoms with Crippen LogP contribution in [0.15, 0.2) is 24.5 Å². The lowest BCUT2D eigenvalue weighted by atomic mass is 10.1. The Morgan fingerprint density at radius 1 is 1.41 bits per heavy atom. The quantitative estimate of drug-likeness (QED) is 0.829. The number of carbonyl (C=O) groups excluding carboxylic acids is 1. The van der Waals surface area contributed by atoms with Crippen LogP contribution in [0.25, 0.3) is 11.0 Å². The summed E-state index contributed by atoms with van der Waals surface area (Å²) in [6, 6.07) is 3.93. The zero-order valence-corrected chi connectivity index (χ0v) is 12.8. The van der Waals surface area contributed by atoms with Gasteiger partial charge in [0.1, 0.15) is 5.65 Å². The van der Waals surface area contributed by atoms with Gasteiger partial charge >= 0.3 is 0 Å². The summed E-state index contributed by atoms with van der Waals surface area (Å²) in [6.45, 7) is 3.97. The normalized spacial score (nSPS) is 15.4. The molecule has 0 radical (unpaired) electrons. The highest BCUT2D eigenvalue weighted by molar-refractivity contribution is 5.87. The number of morpholine rings is 1. The highest BCUT2D eigenvalue weighted by Crippen LogP contribution is 2.20. The summed E-state index contributed by atoms with van der Waals surface area (Å²) in [6.07, 6.45) is 4.20. The Balaban J connectivity index is 1.82. The number of nitrogens with zero attached hydrogens (tertiary/aromatic N) is 3. The third kappa shape index (κ3) is 3.13. The van der Waals surface area contributed by atoms with Gasteiger partial charge in [0, 0.05) is 44.5 Å². The largest absolute Gasteiger partial charge is 0.383 e. The molecule has 0 atom stereocenters. The van der Waals surface area contributed by atoms with E-state index in [0.717, 1.165) is 23.1 Å². The fraction of sp³-hybridized carbons (Fsp3) is 0.500. The average Bonchev–Trinajstić information content (AvgIpc) is 2.92. The molecule has 0 bridgehead atoms. The predicted octanol–water partition coefficient (Wildman–Crippen LogP) is 1.08. The number of aromatic nitrogens is 2. The Kier molecular flexibility index (Phi) is 4.70. The summed E-state index contributed by atoms with van der Waals surface area (Å²) in [5.74, 6) is 0.151. The molecule has 6 heteroatoms. The van der Waals surface area contributed by atoms with Crippen molar-refractivity contribution in [2.24, 2.45) is 0 Å². The van der Waals surface area contributed by atoms with E-state index in [1.54, 1.807) is 13.3 Å². The Labute approximate surface area is 129 Å². The lowest BCUT2D eigenvalue weighted by molar-refractivity contribution is -0.134. The summed E-state index contributed by atoms with van der Waals surface area (Å²) >= 11 is 0. The number of pyridine rings is 1. The van der Waals surface area contributed by atoms with Crippen molar-refractivity contribution in [3.63, 3.8) is 0 Å². The van der Waals surface area contributed by atoms with E-state index in [1.807, 2.05) is 23.2 Å². The van der Waals surface area contributed by atoms with E-state index < -0.39 is 0 Å². The Morgan fingerprint density at radius 3 is 3.00 bits per heavy atom. The number of hydrogen-bond acceptors (Lipinski definition) is 4. The number of methoxy groups -OCH3 is 1. The molecule has 1 amide bonds. The first-order valence-corrected chi connectivity index (χ1v) is 7.57. The van der Waals surface area contributed by atoms with Gasteiger partial charge in [0.25, 0.3) is 0 Å². The first kappa shape index (κ1) is 15.0. The van der Waals surface area contributed by atoms with Crippen molar-refractivity contribution in [3.8, 4) is 0 Å². The van der Waals surface area contributed by atoms with Crippen LogP contribution in [0, 0.1) is 0 Å². The fourth-order valence-electron chi connectivity index (χ4n) is 2.78. The molecule has 118 valence electrons. The molecule has 0 N–H and O–H groups in total. The molecule has 1 saturated heterocycles. The molecule has 22 heavy (non-hydrogen) atoms. The molecular formula is C16H21N3O3. The highest BCUT2D eigenvalue weighted by atomic mass is 16.5. The minimum absolute atomic E-state index is 0.151. The first-order valence-electron chi connectivity index (χ1n) is 7.57. The van der Waals surface area contributed by atoms with Crippen LogP contribution < -0.4 is 0 Å². The first-order chi connectivity index (χ1) is 10.8. The maximum Gasteiger partial charge on any atom is 0.227 e. The van der Waals surface area contributed by atoms with Crippen molar-refractivity contribution in [3.05, 3.63) is 30.1 Å². The minimum atomic E-state index is 0.151. The van der Waals surface area contributed by atoms with Crippen LogP contribution in [0.4, 0.5) is 0 Å². The van der Waals surface area contributed by atoms with Gasteiger partial charge < -0.3 is 18.9 Å². The van der Waals surface area contributed by atoms with Gasteiger partial charge in [-0.3, -0.25) is 4.79 Å². The summed E-state index contributed by atoms with van der Waals surface area (Å²) in [7, 11) is 1.68. The van der Waals surface area contributed by atoms with Crippen molar-refractivity contribution in [1.82, 2.24) is 14.5 Å². The Hall–Kier alpha value is -1.92. The summed E-state index contributed by atoms with van der Waals surface area (Å²) in [5, 5.41) is 1.04. The number of hydrogen-bond donors (Lipinski definition) is 0. The van der Waals surface area contributed by atoms with Gasteiger partial charge in [-0.25, -0.2) is 4.98 Å². The number of carbonyl (C=O) groups is 1. The van der Waals surface area contributed by atoms with E-state index in [1.165, 1.54) is 0 Å². The van der Waals surface area contributed by atoms with Crippen LogP contribution in [-0.4, -0.2) is 60.4 Å². The molecule has 0 spiro atoms. The summed E-state index contributed by atoms with van der Waals surface area (Å²) in [5.41, 5.74) is 1.93. The second kappa shape index (κ2) is 6.89. The molecule has 2 aromatic rings. The lowest BCUT2D eigenvalue weighted by Gasteiger charge is -2.26. The van der Waals surface area contributed by atoms with Gasteiger partial charge in [-0.05, 0) is 17.7 Å². The fourth-order valence-corrected chi connectivity index (χ4v) is 2.78. The number of ether oxygens (including phenoxy) is 2. The number of rotatable bonds is 5. The van der Waals surface area contributed by atoms with Crippen LogP contribution in [0.2, 0.25) is 0 Å². The maximum atomic E-state index is 12.5. The average molecular weight is 303 g/mol. The highest BCUT2D eigenvalue weighted by Gasteiger charge is 2.19. The Morgan fingerprint density at radius 2 is 2.23 bits per heavy atom. The summed E-state index contributed by atoms with van der Waals surface area (Å²) in [4.78, 5) is 18.8. The smallest absolute Gasteiger partial charge is 0.227 e. The van der Waals surface area contributed by atoms with Gasteiger partial charge in [0.15, 0.2) is 0 Å². The Bertz CT molecular complexity index is 647. The maximum absolute atomic E-state index is 12.5. The van der Waals surface area contributed by atoms with Crippen LogP contribution in [0.1, 0.15) is 5.56 Å². The second-order valence-corrected chi connectivity index (χ2v) is 5.39. The van der Waals surface area contributed by atoms with Gasteiger partial charge in [-0.1, -0.05) is 0 Å². The van der Waals surface area contributed by atoms with Crippen molar-refractivity contribution < 1.29 is 14.3 Å². The zero-order chi connectivity index (χ0) is 15.4. The van der Waals surface area contributed by atoms with E-state index >= 15 is 0 Å².